The Morgan fingerprint density at radius 3 is 2.81 bits per heavy atom. The van der Waals surface area contributed by atoms with Crippen LogP contribution in [-0.4, -0.2) is 40.5 Å². The van der Waals surface area contributed by atoms with Crippen molar-refractivity contribution < 1.29 is 19.2 Å². The molecule has 0 aliphatic rings. The lowest BCUT2D eigenvalue weighted by atomic mass is 10.2. The third kappa shape index (κ3) is 6.20. The van der Waals surface area contributed by atoms with Crippen LogP contribution in [0.1, 0.15) is 37.0 Å². The molecule has 2 rings (SSSR count). The van der Waals surface area contributed by atoms with E-state index in [-0.39, 0.29) is 25.6 Å². The molecule has 0 spiro atoms. The molecule has 26 heavy (non-hydrogen) atoms. The normalized spacial score (nSPS) is 12.1. The zero-order valence-corrected chi connectivity index (χ0v) is 15.7. The number of halogens is 1. The van der Waals surface area contributed by atoms with Crippen molar-refractivity contribution in [3.05, 3.63) is 40.5 Å². The van der Waals surface area contributed by atoms with Crippen LogP contribution >= 0.6 is 11.6 Å². The zero-order valence-electron chi connectivity index (χ0n) is 15.0. The molecule has 0 aliphatic carbocycles. The van der Waals surface area contributed by atoms with Gasteiger partial charge in [0.1, 0.15) is 18.5 Å². The molecule has 1 aromatic heterocycles. The number of aliphatic hydroxyl groups excluding tert-OH is 1. The van der Waals surface area contributed by atoms with Gasteiger partial charge in [0.05, 0.1) is 6.54 Å². The van der Waals surface area contributed by atoms with Crippen molar-refractivity contribution in [3.63, 3.8) is 0 Å². The van der Waals surface area contributed by atoms with E-state index in [1.807, 2.05) is 20.8 Å². The highest BCUT2D eigenvalue weighted by Gasteiger charge is 2.12. The van der Waals surface area contributed by atoms with Gasteiger partial charge in [-0.1, -0.05) is 30.6 Å². The second kappa shape index (κ2) is 9.40. The van der Waals surface area contributed by atoms with E-state index in [0.29, 0.717) is 22.5 Å². The summed E-state index contributed by atoms with van der Waals surface area (Å²) in [5.74, 6) is 1.67. The van der Waals surface area contributed by atoms with Crippen LogP contribution in [0, 0.1) is 6.92 Å². The molecule has 1 heterocycles. The van der Waals surface area contributed by atoms with E-state index in [1.165, 1.54) is 0 Å². The fraction of sp³-hybridized carbons (Fsp3) is 0.471. The summed E-state index contributed by atoms with van der Waals surface area (Å²) < 4.78 is 10.5. The number of ether oxygens (including phenoxy) is 1. The highest BCUT2D eigenvalue weighted by Crippen LogP contribution is 2.21. The number of amides is 2. The Labute approximate surface area is 156 Å². The topological polar surface area (TPSA) is 110 Å². The molecule has 0 bridgehead atoms. The summed E-state index contributed by atoms with van der Waals surface area (Å²) in [5, 5.41) is 19.5. The number of hydrogen-bond acceptors (Lipinski definition) is 6. The first-order valence-electron chi connectivity index (χ1n) is 8.26. The average Bonchev–Trinajstić information content (AvgIpc) is 3.08. The smallest absolute Gasteiger partial charge is 0.315 e. The van der Waals surface area contributed by atoms with Crippen LogP contribution < -0.4 is 15.4 Å². The Hall–Kier alpha value is -2.32. The van der Waals surface area contributed by atoms with Crippen LogP contribution in [0.5, 0.6) is 5.75 Å². The van der Waals surface area contributed by atoms with Gasteiger partial charge in [-0.25, -0.2) is 4.79 Å². The minimum absolute atomic E-state index is 0.0412. The van der Waals surface area contributed by atoms with E-state index in [0.717, 1.165) is 5.56 Å². The average molecular weight is 383 g/mol. The monoisotopic (exact) mass is 382 g/mol. The third-order valence-electron chi connectivity index (χ3n) is 3.47. The van der Waals surface area contributed by atoms with Crippen LogP contribution in [0.2, 0.25) is 5.02 Å². The van der Waals surface area contributed by atoms with Crippen LogP contribution in [0.25, 0.3) is 0 Å². The summed E-state index contributed by atoms with van der Waals surface area (Å²) in [4.78, 5) is 15.9. The first-order chi connectivity index (χ1) is 12.3. The zero-order chi connectivity index (χ0) is 19.1. The highest BCUT2D eigenvalue weighted by molar-refractivity contribution is 6.31. The minimum atomic E-state index is -0.854. The Morgan fingerprint density at radius 1 is 1.38 bits per heavy atom. The number of benzene rings is 1. The first kappa shape index (κ1) is 20.0. The Balaban J connectivity index is 1.66. The van der Waals surface area contributed by atoms with Gasteiger partial charge in [-0.15, -0.1) is 0 Å². The predicted molar refractivity (Wildman–Crippen MR) is 96.3 cm³/mol. The molecule has 8 nitrogen and oxygen atoms in total. The molecule has 1 atom stereocenters. The Morgan fingerprint density at radius 2 is 2.15 bits per heavy atom. The van der Waals surface area contributed by atoms with Crippen LogP contribution in [0.3, 0.4) is 0 Å². The van der Waals surface area contributed by atoms with Crippen molar-refractivity contribution in [2.45, 2.75) is 39.3 Å². The molecule has 0 fully saturated rings. The molecule has 2 aromatic rings. The number of aromatic nitrogens is 2. The lowest BCUT2D eigenvalue weighted by Gasteiger charge is -2.14. The quantitative estimate of drug-likeness (QED) is 0.646. The molecular formula is C17H23ClN4O4. The second-order valence-electron chi connectivity index (χ2n) is 6.14. The standard InChI is InChI=1S/C17H23ClN4O4/c1-10(2)16-21-15(26-22-16)8-20-17(24)19-7-12(23)9-25-13-4-5-14(18)11(3)6-13/h4-6,10,12,23H,7-9H2,1-3H3,(H2,19,20,24)/t12-/m1/s1. The van der Waals surface area contributed by atoms with Crippen molar-refractivity contribution in [1.82, 2.24) is 20.8 Å². The number of aliphatic hydroxyl groups is 1. The van der Waals surface area contributed by atoms with Crippen LogP contribution in [0.4, 0.5) is 4.79 Å². The molecule has 1 aromatic carbocycles. The Bertz CT molecular complexity index is 735. The molecule has 3 N–H and O–H groups in total. The largest absolute Gasteiger partial charge is 0.491 e. The molecule has 9 heteroatoms. The minimum Gasteiger partial charge on any atom is -0.491 e. The molecular weight excluding hydrogens is 360 g/mol. The van der Waals surface area contributed by atoms with Gasteiger partial charge in [0.25, 0.3) is 0 Å². The fourth-order valence-electron chi connectivity index (χ4n) is 1.96. The summed E-state index contributed by atoms with van der Waals surface area (Å²) in [6.45, 7) is 5.96. The number of carbonyl (C=O) groups is 1. The summed E-state index contributed by atoms with van der Waals surface area (Å²) in [6.07, 6.45) is -0.854. The van der Waals surface area contributed by atoms with Gasteiger partial charge >= 0.3 is 6.03 Å². The molecule has 0 aliphatic heterocycles. The number of rotatable bonds is 8. The Kier molecular flexibility index (Phi) is 7.23. The number of nitrogens with one attached hydrogen (secondary N) is 2. The van der Waals surface area contributed by atoms with Crippen molar-refractivity contribution in [2.75, 3.05) is 13.2 Å². The molecule has 2 amide bonds. The van der Waals surface area contributed by atoms with Gasteiger partial charge in [0.2, 0.25) is 5.89 Å². The SMILES string of the molecule is Cc1cc(OC[C@H](O)CNC(=O)NCc2nc(C(C)C)no2)ccc1Cl. The van der Waals surface area contributed by atoms with Crippen molar-refractivity contribution >= 4 is 17.6 Å². The number of aryl methyl sites for hydroxylation is 1. The van der Waals surface area contributed by atoms with Gasteiger partial charge in [-0.2, -0.15) is 4.98 Å². The highest BCUT2D eigenvalue weighted by atomic mass is 35.5. The fourth-order valence-corrected chi connectivity index (χ4v) is 2.08. The molecule has 0 saturated carbocycles. The molecule has 0 radical (unpaired) electrons. The third-order valence-corrected chi connectivity index (χ3v) is 3.89. The summed E-state index contributed by atoms with van der Waals surface area (Å²) in [5.41, 5.74) is 0.887. The summed E-state index contributed by atoms with van der Waals surface area (Å²) >= 11 is 5.94. The van der Waals surface area contributed by atoms with Crippen molar-refractivity contribution in [3.8, 4) is 5.75 Å². The van der Waals surface area contributed by atoms with Crippen molar-refractivity contribution in [2.24, 2.45) is 0 Å². The van der Waals surface area contributed by atoms with Gasteiger partial charge in [-0.3, -0.25) is 0 Å². The van der Waals surface area contributed by atoms with Gasteiger partial charge < -0.3 is 25.0 Å². The van der Waals surface area contributed by atoms with Crippen LogP contribution in [0.15, 0.2) is 22.7 Å². The molecule has 0 saturated heterocycles. The van der Waals surface area contributed by atoms with E-state index in [9.17, 15) is 9.90 Å². The van der Waals surface area contributed by atoms with Gasteiger partial charge in [0.15, 0.2) is 5.82 Å². The van der Waals surface area contributed by atoms with E-state index in [4.69, 9.17) is 20.9 Å². The molecule has 0 unspecified atom stereocenters. The van der Waals surface area contributed by atoms with E-state index in [1.54, 1.807) is 18.2 Å². The van der Waals surface area contributed by atoms with E-state index in [2.05, 4.69) is 20.8 Å². The van der Waals surface area contributed by atoms with Crippen LogP contribution in [-0.2, 0) is 6.54 Å². The maximum absolute atomic E-state index is 11.7. The number of nitrogens with zero attached hydrogens (tertiary/aromatic N) is 2. The maximum atomic E-state index is 11.7. The number of urea groups is 1. The summed E-state index contributed by atoms with van der Waals surface area (Å²) in [6, 6.07) is 4.78. The number of carbonyl (C=O) groups excluding carboxylic acids is 1. The second-order valence-corrected chi connectivity index (χ2v) is 6.55. The van der Waals surface area contributed by atoms with E-state index < -0.39 is 12.1 Å². The maximum Gasteiger partial charge on any atom is 0.315 e. The van der Waals surface area contributed by atoms with Gasteiger partial charge in [0, 0.05) is 17.5 Å². The predicted octanol–water partition coefficient (Wildman–Crippen LogP) is 2.39. The van der Waals surface area contributed by atoms with Crippen molar-refractivity contribution in [1.29, 1.82) is 0 Å². The number of hydrogen-bond donors (Lipinski definition) is 3. The lowest BCUT2D eigenvalue weighted by molar-refractivity contribution is 0.107. The first-order valence-corrected chi connectivity index (χ1v) is 8.64. The molecule has 142 valence electrons. The lowest BCUT2D eigenvalue weighted by Crippen LogP contribution is -2.41. The summed E-state index contributed by atoms with van der Waals surface area (Å²) in [7, 11) is 0. The van der Waals surface area contributed by atoms with Gasteiger partial charge in [-0.05, 0) is 30.7 Å². The van der Waals surface area contributed by atoms with E-state index >= 15 is 0 Å².